The van der Waals surface area contributed by atoms with E-state index >= 15 is 0 Å². The molecule has 2 rings (SSSR count). The van der Waals surface area contributed by atoms with Crippen molar-refractivity contribution in [3.8, 4) is 12.1 Å². The normalized spacial score (nSPS) is 21.4. The van der Waals surface area contributed by atoms with Crippen molar-refractivity contribution in [1.29, 1.82) is 10.5 Å². The average Bonchev–Trinajstić information content (AvgIpc) is 2.58. The van der Waals surface area contributed by atoms with Crippen molar-refractivity contribution in [3.05, 3.63) is 47.5 Å². The fourth-order valence-corrected chi connectivity index (χ4v) is 3.36. The predicted molar refractivity (Wildman–Crippen MR) is 88.9 cm³/mol. The Morgan fingerprint density at radius 2 is 1.73 bits per heavy atom. The molecule has 114 valence electrons. The van der Waals surface area contributed by atoms with Crippen LogP contribution in [-0.4, -0.2) is 0 Å². The molecule has 0 aliphatic heterocycles. The second-order valence-corrected chi connectivity index (χ2v) is 6.32. The van der Waals surface area contributed by atoms with Crippen LogP contribution >= 0.6 is 0 Å². The molecule has 1 aromatic carbocycles. The maximum absolute atomic E-state index is 8.78. The zero-order chi connectivity index (χ0) is 15.6. The van der Waals surface area contributed by atoms with Gasteiger partial charge < -0.3 is 0 Å². The number of benzene rings is 1. The maximum atomic E-state index is 8.78. The fourth-order valence-electron chi connectivity index (χ4n) is 3.36. The van der Waals surface area contributed by atoms with Crippen molar-refractivity contribution in [2.45, 2.75) is 51.4 Å². The molecule has 0 aromatic heterocycles. The van der Waals surface area contributed by atoms with Gasteiger partial charge in [0.25, 0.3) is 0 Å². The summed E-state index contributed by atoms with van der Waals surface area (Å²) >= 11 is 0. The van der Waals surface area contributed by atoms with E-state index in [0.717, 1.165) is 17.9 Å². The van der Waals surface area contributed by atoms with Crippen LogP contribution in [0.25, 0.3) is 0 Å². The molecule has 1 aliphatic carbocycles. The Morgan fingerprint density at radius 3 is 2.36 bits per heavy atom. The minimum Gasteiger partial charge on any atom is -0.193 e. The van der Waals surface area contributed by atoms with E-state index in [1.165, 1.54) is 50.5 Å². The smallest absolute Gasteiger partial charge is 0.0991 e. The summed E-state index contributed by atoms with van der Waals surface area (Å²) in [6.45, 7) is 0. The van der Waals surface area contributed by atoms with Crippen LogP contribution in [0.2, 0.25) is 0 Å². The summed E-state index contributed by atoms with van der Waals surface area (Å²) < 4.78 is 0. The zero-order valence-electron chi connectivity index (χ0n) is 13.2. The number of hydrogen-bond acceptors (Lipinski definition) is 2. The molecular weight excluding hydrogens is 268 g/mol. The largest absolute Gasteiger partial charge is 0.193 e. The quantitative estimate of drug-likeness (QED) is 0.537. The van der Waals surface area contributed by atoms with Gasteiger partial charge in [-0.05, 0) is 68.1 Å². The topological polar surface area (TPSA) is 47.6 Å². The van der Waals surface area contributed by atoms with Crippen LogP contribution in [-0.2, 0) is 6.42 Å². The van der Waals surface area contributed by atoms with Crippen molar-refractivity contribution >= 4 is 0 Å². The van der Waals surface area contributed by atoms with E-state index in [9.17, 15) is 0 Å². The molecule has 0 bridgehead atoms. The molecule has 0 amide bonds. The molecule has 0 saturated heterocycles. The third kappa shape index (κ3) is 5.38. The van der Waals surface area contributed by atoms with Gasteiger partial charge in [0.05, 0.1) is 17.7 Å². The monoisotopic (exact) mass is 292 g/mol. The van der Waals surface area contributed by atoms with Gasteiger partial charge >= 0.3 is 0 Å². The molecule has 1 aromatic rings. The van der Waals surface area contributed by atoms with Gasteiger partial charge in [-0.25, -0.2) is 0 Å². The van der Waals surface area contributed by atoms with Gasteiger partial charge in [0.2, 0.25) is 0 Å². The van der Waals surface area contributed by atoms with Gasteiger partial charge in [-0.2, -0.15) is 10.5 Å². The van der Waals surface area contributed by atoms with Crippen LogP contribution in [0.4, 0.5) is 0 Å². The molecule has 0 radical (unpaired) electrons. The van der Waals surface area contributed by atoms with Crippen LogP contribution in [0.15, 0.2) is 36.4 Å². The van der Waals surface area contributed by atoms with Crippen LogP contribution in [0.3, 0.4) is 0 Å². The first-order valence-electron chi connectivity index (χ1n) is 8.37. The van der Waals surface area contributed by atoms with E-state index in [-0.39, 0.29) is 0 Å². The van der Waals surface area contributed by atoms with Crippen molar-refractivity contribution in [2.24, 2.45) is 11.8 Å². The Kier molecular flexibility index (Phi) is 6.72. The molecule has 2 heteroatoms. The van der Waals surface area contributed by atoms with Crippen LogP contribution < -0.4 is 0 Å². The summed E-state index contributed by atoms with van der Waals surface area (Å²) in [7, 11) is 0. The Morgan fingerprint density at radius 1 is 1.00 bits per heavy atom. The first kappa shape index (κ1) is 16.3. The number of allylic oxidation sites excluding steroid dienone is 2. The third-order valence-corrected chi connectivity index (χ3v) is 4.75. The summed E-state index contributed by atoms with van der Waals surface area (Å²) in [6.07, 6.45) is 13.8. The lowest BCUT2D eigenvalue weighted by atomic mass is 9.79. The predicted octanol–water partition coefficient (Wildman–Crippen LogP) is 5.16. The Hall–Kier alpha value is -2.06. The first-order chi connectivity index (χ1) is 10.8. The molecule has 22 heavy (non-hydrogen) atoms. The van der Waals surface area contributed by atoms with E-state index in [0.29, 0.717) is 5.92 Å². The Labute approximate surface area is 134 Å². The molecule has 0 spiro atoms. The molecular formula is C20H24N2. The molecule has 1 aliphatic rings. The minimum absolute atomic E-state index is 0.634. The van der Waals surface area contributed by atoms with E-state index in [1.54, 1.807) is 6.08 Å². The summed E-state index contributed by atoms with van der Waals surface area (Å²) in [5.74, 6) is 1.52. The number of hydrogen-bond donors (Lipinski definition) is 0. The summed E-state index contributed by atoms with van der Waals surface area (Å²) in [6, 6.07) is 12.2. The highest BCUT2D eigenvalue weighted by Gasteiger charge is 2.18. The standard InChI is InChI=1S/C20H24N2/c21-15-3-6-19-9-7-17(8-10-19)4-1-2-5-18-11-13-20(16-22)14-12-18/h3,6,11-14,17,19H,1-2,4-5,7-10H2. The molecule has 1 fully saturated rings. The lowest BCUT2D eigenvalue weighted by Gasteiger charge is -2.26. The van der Waals surface area contributed by atoms with Gasteiger partial charge in [0.1, 0.15) is 0 Å². The highest BCUT2D eigenvalue weighted by molar-refractivity contribution is 5.31. The van der Waals surface area contributed by atoms with Crippen LogP contribution in [0.1, 0.15) is 56.1 Å². The number of rotatable bonds is 6. The summed E-state index contributed by atoms with van der Waals surface area (Å²) in [5, 5.41) is 17.3. The molecule has 1 saturated carbocycles. The first-order valence-corrected chi connectivity index (χ1v) is 8.37. The molecule has 0 N–H and O–H groups in total. The minimum atomic E-state index is 0.634. The second kappa shape index (κ2) is 9.06. The van der Waals surface area contributed by atoms with E-state index in [2.05, 4.69) is 30.3 Å². The summed E-state index contributed by atoms with van der Waals surface area (Å²) in [5.41, 5.74) is 2.08. The number of nitrogens with zero attached hydrogens (tertiary/aromatic N) is 2. The van der Waals surface area contributed by atoms with Crippen molar-refractivity contribution in [1.82, 2.24) is 0 Å². The summed E-state index contributed by atoms with van der Waals surface area (Å²) in [4.78, 5) is 0. The second-order valence-electron chi connectivity index (χ2n) is 6.32. The van der Waals surface area contributed by atoms with Crippen LogP contribution in [0.5, 0.6) is 0 Å². The average molecular weight is 292 g/mol. The van der Waals surface area contributed by atoms with Gasteiger partial charge in [0, 0.05) is 6.08 Å². The van der Waals surface area contributed by atoms with Gasteiger partial charge in [-0.15, -0.1) is 0 Å². The lowest BCUT2D eigenvalue weighted by molar-refractivity contribution is 0.289. The highest BCUT2D eigenvalue weighted by atomic mass is 14.3. The lowest BCUT2D eigenvalue weighted by Crippen LogP contribution is -2.13. The number of aryl methyl sites for hydroxylation is 1. The van der Waals surface area contributed by atoms with Crippen LogP contribution in [0, 0.1) is 34.5 Å². The molecule has 2 nitrogen and oxygen atoms in total. The van der Waals surface area contributed by atoms with E-state index in [4.69, 9.17) is 10.5 Å². The Bertz CT molecular complexity index is 549. The zero-order valence-corrected chi connectivity index (χ0v) is 13.2. The SMILES string of the molecule is N#CC=CC1CCC(CCCCc2ccc(C#N)cc2)CC1. The van der Waals surface area contributed by atoms with Gasteiger partial charge in [0.15, 0.2) is 0 Å². The Balaban J connectivity index is 1.60. The number of nitriles is 2. The highest BCUT2D eigenvalue weighted by Crippen LogP contribution is 2.32. The van der Waals surface area contributed by atoms with Gasteiger partial charge in [-0.1, -0.05) is 31.1 Å². The van der Waals surface area contributed by atoms with Crippen molar-refractivity contribution in [2.75, 3.05) is 0 Å². The van der Waals surface area contributed by atoms with E-state index < -0.39 is 0 Å². The van der Waals surface area contributed by atoms with Crippen molar-refractivity contribution in [3.63, 3.8) is 0 Å². The maximum Gasteiger partial charge on any atom is 0.0991 e. The molecule has 0 heterocycles. The fraction of sp³-hybridized carbons (Fsp3) is 0.500. The third-order valence-electron chi connectivity index (χ3n) is 4.75. The van der Waals surface area contributed by atoms with Crippen molar-refractivity contribution < 1.29 is 0 Å². The molecule has 0 unspecified atom stereocenters. The van der Waals surface area contributed by atoms with Gasteiger partial charge in [-0.3, -0.25) is 0 Å². The van der Waals surface area contributed by atoms with E-state index in [1.807, 2.05) is 12.1 Å². The number of unbranched alkanes of at least 4 members (excludes halogenated alkanes) is 1. The molecule has 0 atom stereocenters.